The molecule has 1 atom stereocenters. The van der Waals surface area contributed by atoms with Crippen LogP contribution in [0.2, 0.25) is 0 Å². The number of aromatic nitrogens is 2. The molecule has 0 aliphatic rings. The molecule has 1 heterocycles. The van der Waals surface area contributed by atoms with Crippen LogP contribution < -0.4 is 10.6 Å². The van der Waals surface area contributed by atoms with Crippen molar-refractivity contribution < 1.29 is 5.11 Å². The van der Waals surface area contributed by atoms with E-state index < -0.39 is 0 Å². The fourth-order valence-electron chi connectivity index (χ4n) is 1.07. The predicted molar refractivity (Wildman–Crippen MR) is 64.1 cm³/mol. The van der Waals surface area contributed by atoms with Gasteiger partial charge in [0.25, 0.3) is 0 Å². The maximum atomic E-state index is 9.10. The molecular weight excluding hydrogens is 260 g/mol. The van der Waals surface area contributed by atoms with Crippen molar-refractivity contribution in [3.63, 3.8) is 0 Å². The molecule has 1 rings (SSSR count). The van der Waals surface area contributed by atoms with Crippen molar-refractivity contribution in [2.24, 2.45) is 0 Å². The number of hydrogen-bond acceptors (Lipinski definition) is 5. The molecule has 0 aliphatic heterocycles. The monoisotopic (exact) mass is 274 g/mol. The molecule has 0 aliphatic carbocycles. The molecule has 0 amide bonds. The number of anilines is 2. The zero-order valence-corrected chi connectivity index (χ0v) is 10.4. The quantitative estimate of drug-likeness (QED) is 0.759. The van der Waals surface area contributed by atoms with Gasteiger partial charge in [-0.15, -0.1) is 0 Å². The van der Waals surface area contributed by atoms with Crippen LogP contribution in [-0.2, 0) is 0 Å². The zero-order valence-electron chi connectivity index (χ0n) is 8.79. The molecule has 5 nitrogen and oxygen atoms in total. The van der Waals surface area contributed by atoms with Gasteiger partial charge in [0.05, 0.1) is 6.10 Å². The molecule has 6 heteroatoms. The van der Waals surface area contributed by atoms with E-state index in [9.17, 15) is 0 Å². The topological polar surface area (TPSA) is 70.1 Å². The van der Waals surface area contributed by atoms with Gasteiger partial charge in [-0.3, -0.25) is 0 Å². The van der Waals surface area contributed by atoms with E-state index in [0.29, 0.717) is 13.0 Å². The summed E-state index contributed by atoms with van der Waals surface area (Å²) in [5.41, 5.74) is 0. The smallest absolute Gasteiger partial charge is 0.145 e. The summed E-state index contributed by atoms with van der Waals surface area (Å²) in [4.78, 5) is 8.14. The van der Waals surface area contributed by atoms with Crippen LogP contribution in [-0.4, -0.2) is 34.8 Å². The minimum absolute atomic E-state index is 0.304. The summed E-state index contributed by atoms with van der Waals surface area (Å²) in [6.45, 7) is 2.44. The third-order valence-corrected chi connectivity index (χ3v) is 2.63. The van der Waals surface area contributed by atoms with E-state index >= 15 is 0 Å². The Morgan fingerprint density at radius 3 is 2.73 bits per heavy atom. The molecule has 0 spiro atoms. The largest absolute Gasteiger partial charge is 0.393 e. The highest BCUT2D eigenvalue weighted by molar-refractivity contribution is 9.10. The van der Waals surface area contributed by atoms with Crippen molar-refractivity contribution >= 4 is 27.6 Å². The molecule has 1 aromatic heterocycles. The van der Waals surface area contributed by atoms with Gasteiger partial charge < -0.3 is 15.7 Å². The number of aliphatic hydroxyl groups excluding tert-OH is 1. The Hall–Kier alpha value is -0.880. The average molecular weight is 275 g/mol. The zero-order chi connectivity index (χ0) is 11.3. The van der Waals surface area contributed by atoms with Crippen molar-refractivity contribution in [3.05, 3.63) is 10.8 Å². The number of nitrogens with one attached hydrogen (secondary N) is 2. The van der Waals surface area contributed by atoms with E-state index in [-0.39, 0.29) is 6.10 Å². The van der Waals surface area contributed by atoms with Gasteiger partial charge in [-0.1, -0.05) is 0 Å². The molecule has 1 unspecified atom stereocenters. The van der Waals surface area contributed by atoms with Gasteiger partial charge in [0.1, 0.15) is 22.4 Å². The lowest BCUT2D eigenvalue weighted by atomic mass is 10.3. The highest BCUT2D eigenvalue weighted by atomic mass is 79.9. The predicted octanol–water partition coefficient (Wildman–Crippen LogP) is 1.46. The fraction of sp³-hybridized carbons (Fsp3) is 0.556. The first-order valence-corrected chi connectivity index (χ1v) is 5.54. The summed E-state index contributed by atoms with van der Waals surface area (Å²) < 4.78 is 0.804. The molecular formula is C9H15BrN4O. The van der Waals surface area contributed by atoms with Gasteiger partial charge in [0, 0.05) is 13.6 Å². The number of halogens is 1. The normalized spacial score (nSPS) is 12.3. The Labute approximate surface area is 97.5 Å². The van der Waals surface area contributed by atoms with Crippen LogP contribution in [0.5, 0.6) is 0 Å². The average Bonchev–Trinajstić information content (AvgIpc) is 2.20. The van der Waals surface area contributed by atoms with Crippen molar-refractivity contribution in [2.45, 2.75) is 19.4 Å². The molecule has 0 radical (unpaired) electrons. The van der Waals surface area contributed by atoms with Crippen LogP contribution in [0, 0.1) is 0 Å². The molecule has 0 aromatic carbocycles. The Bertz CT molecular complexity index is 319. The van der Waals surface area contributed by atoms with Gasteiger partial charge >= 0.3 is 0 Å². The van der Waals surface area contributed by atoms with E-state index in [1.165, 1.54) is 6.33 Å². The summed E-state index contributed by atoms with van der Waals surface area (Å²) in [5.74, 6) is 1.47. The van der Waals surface area contributed by atoms with Crippen molar-refractivity contribution in [3.8, 4) is 0 Å². The van der Waals surface area contributed by atoms with E-state index in [4.69, 9.17) is 5.11 Å². The molecule has 0 saturated carbocycles. The van der Waals surface area contributed by atoms with E-state index in [2.05, 4.69) is 36.5 Å². The standard InChI is InChI=1S/C9H15BrN4O/c1-6(15)3-4-12-9-7(10)8(11-2)13-5-14-9/h5-6,15H,3-4H2,1-2H3,(H2,11,12,13,14). The Kier molecular flexibility index (Phi) is 4.77. The third-order valence-electron chi connectivity index (χ3n) is 1.88. The minimum Gasteiger partial charge on any atom is -0.393 e. The van der Waals surface area contributed by atoms with Gasteiger partial charge in [-0.25, -0.2) is 9.97 Å². The number of rotatable bonds is 5. The third kappa shape index (κ3) is 3.64. The van der Waals surface area contributed by atoms with Gasteiger partial charge in [0.2, 0.25) is 0 Å². The van der Waals surface area contributed by atoms with Crippen molar-refractivity contribution in [1.29, 1.82) is 0 Å². The number of nitrogens with zero attached hydrogens (tertiary/aromatic N) is 2. The second-order valence-corrected chi connectivity index (χ2v) is 3.99. The summed E-state index contributed by atoms with van der Waals surface area (Å²) in [5, 5.41) is 15.2. The fourth-order valence-corrected chi connectivity index (χ4v) is 1.61. The van der Waals surface area contributed by atoms with E-state index in [1.54, 1.807) is 14.0 Å². The van der Waals surface area contributed by atoms with Crippen LogP contribution >= 0.6 is 15.9 Å². The van der Waals surface area contributed by atoms with E-state index in [1.807, 2.05) is 0 Å². The van der Waals surface area contributed by atoms with Gasteiger partial charge in [-0.2, -0.15) is 0 Å². The van der Waals surface area contributed by atoms with Crippen molar-refractivity contribution in [1.82, 2.24) is 9.97 Å². The van der Waals surface area contributed by atoms with Crippen LogP contribution in [0.3, 0.4) is 0 Å². The molecule has 15 heavy (non-hydrogen) atoms. The maximum absolute atomic E-state index is 9.10. The van der Waals surface area contributed by atoms with Gasteiger partial charge in [-0.05, 0) is 29.3 Å². The second-order valence-electron chi connectivity index (χ2n) is 3.20. The number of hydrogen-bond donors (Lipinski definition) is 3. The van der Waals surface area contributed by atoms with Crippen LogP contribution in [0.1, 0.15) is 13.3 Å². The lowest BCUT2D eigenvalue weighted by molar-refractivity contribution is 0.188. The highest BCUT2D eigenvalue weighted by Gasteiger charge is 2.06. The highest BCUT2D eigenvalue weighted by Crippen LogP contribution is 2.25. The summed E-state index contributed by atoms with van der Waals surface area (Å²) in [7, 11) is 1.80. The van der Waals surface area contributed by atoms with Crippen LogP contribution in [0.15, 0.2) is 10.8 Å². The van der Waals surface area contributed by atoms with E-state index in [0.717, 1.165) is 16.1 Å². The molecule has 0 bridgehead atoms. The van der Waals surface area contributed by atoms with Gasteiger partial charge in [0.15, 0.2) is 0 Å². The second kappa shape index (κ2) is 5.87. The first kappa shape index (κ1) is 12.2. The molecule has 0 fully saturated rings. The molecule has 3 N–H and O–H groups in total. The molecule has 1 aromatic rings. The minimum atomic E-state index is -0.304. The first-order valence-electron chi connectivity index (χ1n) is 4.75. The first-order chi connectivity index (χ1) is 7.15. The Morgan fingerprint density at radius 2 is 2.13 bits per heavy atom. The summed E-state index contributed by atoms with van der Waals surface area (Å²) >= 11 is 3.40. The summed E-state index contributed by atoms with van der Waals surface area (Å²) in [6, 6.07) is 0. The molecule has 0 saturated heterocycles. The van der Waals surface area contributed by atoms with Crippen molar-refractivity contribution in [2.75, 3.05) is 24.2 Å². The Morgan fingerprint density at radius 1 is 1.47 bits per heavy atom. The molecule has 84 valence electrons. The lowest BCUT2D eigenvalue weighted by Gasteiger charge is -2.10. The van der Waals surface area contributed by atoms with Crippen LogP contribution in [0.25, 0.3) is 0 Å². The lowest BCUT2D eigenvalue weighted by Crippen LogP contribution is -2.11. The maximum Gasteiger partial charge on any atom is 0.145 e. The number of aliphatic hydroxyl groups is 1. The van der Waals surface area contributed by atoms with Crippen LogP contribution in [0.4, 0.5) is 11.6 Å². The Balaban J connectivity index is 2.61. The summed E-state index contributed by atoms with van der Waals surface area (Å²) in [6.07, 6.45) is 1.87. The SMILES string of the molecule is CNc1ncnc(NCCC(C)O)c1Br.